The van der Waals surface area contributed by atoms with Gasteiger partial charge in [-0.05, 0) is 37.0 Å². The van der Waals surface area contributed by atoms with Crippen LogP contribution < -0.4 is 5.73 Å². The molecule has 0 aliphatic carbocycles. The molecule has 1 aliphatic heterocycles. The molecule has 0 amide bonds. The second-order valence-corrected chi connectivity index (χ2v) is 7.25. The maximum atomic E-state index is 14.1. The number of piperidine rings is 1. The van der Waals surface area contributed by atoms with Crippen molar-refractivity contribution in [1.82, 2.24) is 4.31 Å². The molecule has 112 valence electrons. The second kappa shape index (κ2) is 5.31. The molecule has 1 heterocycles. The predicted molar refractivity (Wildman–Crippen MR) is 74.1 cm³/mol. The van der Waals surface area contributed by atoms with E-state index in [-0.39, 0.29) is 30.3 Å². The van der Waals surface area contributed by atoms with Crippen LogP contribution in [-0.4, -0.2) is 37.0 Å². The average molecular weight is 302 g/mol. The summed E-state index contributed by atoms with van der Waals surface area (Å²) in [7, 11) is -3.98. The number of anilines is 1. The topological polar surface area (TPSA) is 83.6 Å². The SMILES string of the molecule is Cc1cc(N)cc(S(=O)(=O)N2CCC(C)C(O)C2)c1F. The standard InChI is InChI=1S/C13H19FN2O3S/c1-8-3-4-16(7-11(8)17)20(18,19)12-6-10(15)5-9(2)13(12)14/h5-6,8,11,17H,3-4,7,15H2,1-2H3. The number of aliphatic hydroxyl groups excluding tert-OH is 1. The fourth-order valence-corrected chi connectivity index (χ4v) is 3.97. The van der Waals surface area contributed by atoms with Gasteiger partial charge in [0, 0.05) is 18.8 Å². The first-order valence-corrected chi connectivity index (χ1v) is 7.91. The minimum atomic E-state index is -3.98. The summed E-state index contributed by atoms with van der Waals surface area (Å²) in [6, 6.07) is 2.52. The van der Waals surface area contributed by atoms with Gasteiger partial charge in [-0.25, -0.2) is 12.8 Å². The van der Waals surface area contributed by atoms with Crippen molar-refractivity contribution in [2.45, 2.75) is 31.3 Å². The van der Waals surface area contributed by atoms with Gasteiger partial charge >= 0.3 is 0 Å². The molecule has 5 nitrogen and oxygen atoms in total. The van der Waals surface area contributed by atoms with Crippen LogP contribution in [0.3, 0.4) is 0 Å². The highest BCUT2D eigenvalue weighted by atomic mass is 32.2. The summed E-state index contributed by atoms with van der Waals surface area (Å²) < 4.78 is 40.2. The maximum Gasteiger partial charge on any atom is 0.246 e. The Bertz CT molecular complexity index is 618. The highest BCUT2D eigenvalue weighted by molar-refractivity contribution is 7.89. The number of nitrogens with zero attached hydrogens (tertiary/aromatic N) is 1. The van der Waals surface area contributed by atoms with E-state index in [2.05, 4.69) is 0 Å². The minimum absolute atomic E-state index is 0.0171. The molecular weight excluding hydrogens is 283 g/mol. The van der Waals surface area contributed by atoms with Gasteiger partial charge in [-0.3, -0.25) is 0 Å². The Kier molecular flexibility index (Phi) is 4.04. The second-order valence-electron chi connectivity index (χ2n) is 5.35. The van der Waals surface area contributed by atoms with Crippen LogP contribution in [0.4, 0.5) is 10.1 Å². The Morgan fingerprint density at radius 3 is 2.70 bits per heavy atom. The van der Waals surface area contributed by atoms with Crippen LogP contribution in [-0.2, 0) is 10.0 Å². The Balaban J connectivity index is 2.41. The number of rotatable bonds is 2. The highest BCUT2D eigenvalue weighted by Gasteiger charge is 2.34. The van der Waals surface area contributed by atoms with Crippen LogP contribution in [0, 0.1) is 18.7 Å². The lowest BCUT2D eigenvalue weighted by Crippen LogP contribution is -2.45. The first-order chi connectivity index (χ1) is 9.23. The van der Waals surface area contributed by atoms with Crippen LogP contribution in [0.5, 0.6) is 0 Å². The number of hydrogen-bond acceptors (Lipinski definition) is 4. The summed E-state index contributed by atoms with van der Waals surface area (Å²) in [6.45, 7) is 3.59. The monoisotopic (exact) mass is 302 g/mol. The van der Waals surface area contributed by atoms with E-state index in [1.165, 1.54) is 13.0 Å². The number of sulfonamides is 1. The van der Waals surface area contributed by atoms with Crippen molar-refractivity contribution < 1.29 is 17.9 Å². The van der Waals surface area contributed by atoms with E-state index in [4.69, 9.17) is 5.73 Å². The summed E-state index contributed by atoms with van der Waals surface area (Å²) in [6.07, 6.45) is -0.188. The van der Waals surface area contributed by atoms with Gasteiger partial charge in [-0.1, -0.05) is 6.92 Å². The summed E-state index contributed by atoms with van der Waals surface area (Å²) in [5.41, 5.74) is 6.00. The molecule has 1 aliphatic rings. The zero-order chi connectivity index (χ0) is 15.1. The lowest BCUT2D eigenvalue weighted by molar-refractivity contribution is 0.0604. The summed E-state index contributed by atoms with van der Waals surface area (Å²) in [5, 5.41) is 9.81. The molecule has 2 atom stereocenters. The van der Waals surface area contributed by atoms with E-state index in [1.807, 2.05) is 6.92 Å². The molecule has 1 fully saturated rings. The molecular formula is C13H19FN2O3S. The lowest BCUT2D eigenvalue weighted by Gasteiger charge is -2.33. The Morgan fingerprint density at radius 1 is 1.45 bits per heavy atom. The quantitative estimate of drug-likeness (QED) is 0.802. The molecule has 1 aromatic carbocycles. The third-order valence-electron chi connectivity index (χ3n) is 3.74. The zero-order valence-corrected chi connectivity index (χ0v) is 12.3. The van der Waals surface area contributed by atoms with Gasteiger partial charge in [0.25, 0.3) is 0 Å². The third kappa shape index (κ3) is 2.65. The van der Waals surface area contributed by atoms with Crippen molar-refractivity contribution in [3.63, 3.8) is 0 Å². The minimum Gasteiger partial charge on any atom is -0.399 e. The maximum absolute atomic E-state index is 14.1. The van der Waals surface area contributed by atoms with Crippen molar-refractivity contribution in [1.29, 1.82) is 0 Å². The van der Waals surface area contributed by atoms with Crippen molar-refractivity contribution >= 4 is 15.7 Å². The Labute approximate surface area is 118 Å². The first kappa shape index (κ1) is 15.2. The van der Waals surface area contributed by atoms with Gasteiger partial charge in [0.1, 0.15) is 10.7 Å². The molecule has 1 saturated heterocycles. The molecule has 1 aromatic rings. The number of aryl methyl sites for hydroxylation is 1. The van der Waals surface area contributed by atoms with Crippen molar-refractivity contribution in [3.05, 3.63) is 23.5 Å². The lowest BCUT2D eigenvalue weighted by atomic mass is 9.98. The largest absolute Gasteiger partial charge is 0.399 e. The zero-order valence-electron chi connectivity index (χ0n) is 11.5. The van der Waals surface area contributed by atoms with Crippen molar-refractivity contribution in [2.24, 2.45) is 5.92 Å². The van der Waals surface area contributed by atoms with Gasteiger partial charge in [0.05, 0.1) is 6.10 Å². The number of benzene rings is 1. The number of aliphatic hydroxyl groups is 1. The van der Waals surface area contributed by atoms with E-state index >= 15 is 0 Å². The molecule has 0 spiro atoms. The van der Waals surface area contributed by atoms with Gasteiger partial charge in [0.15, 0.2) is 0 Å². The number of nitrogen functional groups attached to an aromatic ring is 1. The van der Waals surface area contributed by atoms with Crippen molar-refractivity contribution in [3.8, 4) is 0 Å². The molecule has 2 rings (SSSR count). The van der Waals surface area contributed by atoms with E-state index in [9.17, 15) is 17.9 Å². The first-order valence-electron chi connectivity index (χ1n) is 6.47. The molecule has 0 bridgehead atoms. The van der Waals surface area contributed by atoms with E-state index < -0.39 is 26.8 Å². The molecule has 20 heavy (non-hydrogen) atoms. The summed E-state index contributed by atoms with van der Waals surface area (Å²) in [5.74, 6) is -0.749. The van der Waals surface area contributed by atoms with Crippen molar-refractivity contribution in [2.75, 3.05) is 18.8 Å². The van der Waals surface area contributed by atoms with Gasteiger partial charge < -0.3 is 10.8 Å². The average Bonchev–Trinajstić information content (AvgIpc) is 2.36. The van der Waals surface area contributed by atoms with E-state index in [0.29, 0.717) is 6.42 Å². The van der Waals surface area contributed by atoms with Crippen LogP contribution >= 0.6 is 0 Å². The highest BCUT2D eigenvalue weighted by Crippen LogP contribution is 2.28. The Hall–Kier alpha value is -1.18. The van der Waals surface area contributed by atoms with Crippen LogP contribution in [0.15, 0.2) is 17.0 Å². The fraction of sp³-hybridized carbons (Fsp3) is 0.538. The number of hydrogen-bond donors (Lipinski definition) is 2. The fourth-order valence-electron chi connectivity index (χ4n) is 2.33. The van der Waals surface area contributed by atoms with Gasteiger partial charge in [-0.2, -0.15) is 4.31 Å². The van der Waals surface area contributed by atoms with Gasteiger partial charge in [-0.15, -0.1) is 0 Å². The summed E-state index contributed by atoms with van der Waals surface area (Å²) >= 11 is 0. The molecule has 7 heteroatoms. The molecule has 2 unspecified atom stereocenters. The van der Waals surface area contributed by atoms with Gasteiger partial charge in [0.2, 0.25) is 10.0 Å². The molecule has 3 N–H and O–H groups in total. The predicted octanol–water partition coefficient (Wildman–Crippen LogP) is 1.11. The number of halogens is 1. The smallest absolute Gasteiger partial charge is 0.246 e. The molecule has 0 radical (unpaired) electrons. The van der Waals surface area contributed by atoms with Crippen LogP contribution in [0.2, 0.25) is 0 Å². The third-order valence-corrected chi connectivity index (χ3v) is 5.61. The van der Waals surface area contributed by atoms with Crippen LogP contribution in [0.1, 0.15) is 18.9 Å². The van der Waals surface area contributed by atoms with E-state index in [0.717, 1.165) is 10.4 Å². The Morgan fingerprint density at radius 2 is 2.10 bits per heavy atom. The van der Waals surface area contributed by atoms with Crippen LogP contribution in [0.25, 0.3) is 0 Å². The summed E-state index contributed by atoms with van der Waals surface area (Å²) in [4.78, 5) is -0.420. The molecule has 0 aromatic heterocycles. The molecule has 0 saturated carbocycles. The van der Waals surface area contributed by atoms with E-state index in [1.54, 1.807) is 0 Å². The normalized spacial score (nSPS) is 24.8. The number of β-amino-alcohol motifs (C(OH)–C–C–N with tert-alkyl or cyclic N) is 1. The number of nitrogens with two attached hydrogens (primary N) is 1.